The monoisotopic (exact) mass is 337 g/mol. The summed E-state index contributed by atoms with van der Waals surface area (Å²) in [4.78, 5) is 4.85. The number of rotatable bonds is 2. The second-order valence-corrected chi connectivity index (χ2v) is 6.54. The molecule has 1 aliphatic heterocycles. The van der Waals surface area contributed by atoms with E-state index in [1.807, 2.05) is 24.3 Å². The lowest BCUT2D eigenvalue weighted by molar-refractivity contribution is 0.718. The van der Waals surface area contributed by atoms with E-state index in [-0.39, 0.29) is 6.04 Å². The topological polar surface area (TPSA) is 12.4 Å². The van der Waals surface area contributed by atoms with Crippen molar-refractivity contribution in [2.45, 2.75) is 25.8 Å². The standard InChI is InChI=1S/C17H14Cl3N/c1-10-8-11(18)2-4-13(10)16-6-7-17(21-16)14-9-12(19)3-5-15(14)20/h2-5,8-9,16H,6-7H2,1H3. The number of hydrogen-bond donors (Lipinski definition) is 0. The van der Waals surface area contributed by atoms with Gasteiger partial charge in [0.05, 0.1) is 6.04 Å². The van der Waals surface area contributed by atoms with E-state index < -0.39 is 0 Å². The van der Waals surface area contributed by atoms with Gasteiger partial charge in [0, 0.05) is 26.3 Å². The number of hydrogen-bond acceptors (Lipinski definition) is 1. The van der Waals surface area contributed by atoms with Gasteiger partial charge in [-0.3, -0.25) is 4.99 Å². The predicted octanol–water partition coefficient (Wildman–Crippen LogP) is 6.28. The van der Waals surface area contributed by atoms with E-state index in [2.05, 4.69) is 13.0 Å². The molecule has 3 rings (SSSR count). The molecule has 0 spiro atoms. The molecular weight excluding hydrogens is 325 g/mol. The van der Waals surface area contributed by atoms with E-state index in [0.29, 0.717) is 10.0 Å². The molecule has 2 aromatic rings. The molecule has 1 heterocycles. The third-order valence-corrected chi connectivity index (χ3v) is 4.60. The molecule has 108 valence electrons. The van der Waals surface area contributed by atoms with E-state index in [1.165, 1.54) is 11.1 Å². The van der Waals surface area contributed by atoms with Crippen LogP contribution >= 0.6 is 34.8 Å². The normalized spacial score (nSPS) is 17.9. The first-order chi connectivity index (χ1) is 10.0. The highest BCUT2D eigenvalue weighted by Gasteiger charge is 2.22. The van der Waals surface area contributed by atoms with Gasteiger partial charge in [0.15, 0.2) is 0 Å². The quantitative estimate of drug-likeness (QED) is 0.611. The summed E-state index contributed by atoms with van der Waals surface area (Å²) in [6.07, 6.45) is 1.90. The van der Waals surface area contributed by atoms with Crippen molar-refractivity contribution in [2.75, 3.05) is 0 Å². The van der Waals surface area contributed by atoms with E-state index in [4.69, 9.17) is 39.8 Å². The molecule has 0 aromatic heterocycles. The van der Waals surface area contributed by atoms with E-state index >= 15 is 0 Å². The van der Waals surface area contributed by atoms with Crippen molar-refractivity contribution >= 4 is 40.5 Å². The maximum Gasteiger partial charge on any atom is 0.0758 e. The van der Waals surface area contributed by atoms with Crippen molar-refractivity contribution in [1.82, 2.24) is 0 Å². The number of benzene rings is 2. The van der Waals surface area contributed by atoms with Gasteiger partial charge in [-0.25, -0.2) is 0 Å². The largest absolute Gasteiger partial charge is 0.281 e. The molecule has 0 fully saturated rings. The summed E-state index contributed by atoms with van der Waals surface area (Å²) >= 11 is 18.3. The summed E-state index contributed by atoms with van der Waals surface area (Å²) in [6, 6.07) is 11.6. The first-order valence-electron chi connectivity index (χ1n) is 6.83. The van der Waals surface area contributed by atoms with Gasteiger partial charge in [-0.1, -0.05) is 40.9 Å². The predicted molar refractivity (Wildman–Crippen MR) is 91.2 cm³/mol. The fourth-order valence-corrected chi connectivity index (χ4v) is 3.38. The van der Waals surface area contributed by atoms with Crippen LogP contribution in [0.2, 0.25) is 15.1 Å². The van der Waals surface area contributed by atoms with Crippen LogP contribution in [0.1, 0.15) is 35.6 Å². The fraction of sp³-hybridized carbons (Fsp3) is 0.235. The minimum atomic E-state index is 0.173. The highest BCUT2D eigenvalue weighted by molar-refractivity contribution is 6.36. The van der Waals surface area contributed by atoms with Gasteiger partial charge in [0.25, 0.3) is 0 Å². The summed E-state index contributed by atoms with van der Waals surface area (Å²) in [7, 11) is 0. The van der Waals surface area contributed by atoms with Crippen LogP contribution in [0, 0.1) is 6.92 Å². The van der Waals surface area contributed by atoms with Crippen LogP contribution in [0.15, 0.2) is 41.4 Å². The lowest BCUT2D eigenvalue weighted by atomic mass is 9.99. The molecule has 0 aliphatic carbocycles. The first-order valence-corrected chi connectivity index (χ1v) is 7.96. The lowest BCUT2D eigenvalue weighted by Crippen LogP contribution is -1.97. The van der Waals surface area contributed by atoms with Crippen LogP contribution in [0.25, 0.3) is 0 Å². The lowest BCUT2D eigenvalue weighted by Gasteiger charge is -2.10. The van der Waals surface area contributed by atoms with E-state index in [0.717, 1.165) is 29.1 Å². The van der Waals surface area contributed by atoms with Crippen LogP contribution in [0.3, 0.4) is 0 Å². The number of aryl methyl sites for hydroxylation is 1. The SMILES string of the molecule is Cc1cc(Cl)ccc1C1CCC(c2cc(Cl)ccc2Cl)=N1. The molecule has 0 saturated heterocycles. The van der Waals surface area contributed by atoms with Crippen LogP contribution in [-0.4, -0.2) is 5.71 Å². The van der Waals surface area contributed by atoms with Gasteiger partial charge in [-0.05, 0) is 61.2 Å². The third-order valence-electron chi connectivity index (χ3n) is 3.80. The van der Waals surface area contributed by atoms with Crippen LogP contribution in [0.5, 0.6) is 0 Å². The summed E-state index contributed by atoms with van der Waals surface area (Å²) in [5, 5.41) is 2.14. The third kappa shape index (κ3) is 3.11. The van der Waals surface area contributed by atoms with Gasteiger partial charge in [0.2, 0.25) is 0 Å². The molecule has 21 heavy (non-hydrogen) atoms. The van der Waals surface area contributed by atoms with Crippen molar-refractivity contribution < 1.29 is 0 Å². The zero-order chi connectivity index (χ0) is 15.0. The maximum atomic E-state index is 6.27. The average molecular weight is 339 g/mol. The molecule has 1 unspecified atom stereocenters. The Hall–Kier alpha value is -1.02. The Morgan fingerprint density at radius 2 is 1.71 bits per heavy atom. The van der Waals surface area contributed by atoms with Crippen LogP contribution < -0.4 is 0 Å². The summed E-state index contributed by atoms with van der Waals surface area (Å²) in [5.74, 6) is 0. The zero-order valence-electron chi connectivity index (χ0n) is 11.5. The molecular formula is C17H14Cl3N. The molecule has 2 aromatic carbocycles. The molecule has 0 amide bonds. The Labute approximate surface area is 139 Å². The summed E-state index contributed by atoms with van der Waals surface area (Å²) in [6.45, 7) is 2.07. The Balaban J connectivity index is 1.95. The van der Waals surface area contributed by atoms with E-state index in [9.17, 15) is 0 Å². The maximum absolute atomic E-state index is 6.27. The average Bonchev–Trinajstić information content (AvgIpc) is 2.91. The molecule has 0 N–H and O–H groups in total. The highest BCUT2D eigenvalue weighted by Crippen LogP contribution is 2.35. The van der Waals surface area contributed by atoms with Crippen molar-refractivity contribution in [3.63, 3.8) is 0 Å². The minimum absolute atomic E-state index is 0.173. The van der Waals surface area contributed by atoms with Gasteiger partial charge in [-0.2, -0.15) is 0 Å². The molecule has 0 radical (unpaired) electrons. The highest BCUT2D eigenvalue weighted by atomic mass is 35.5. The Morgan fingerprint density at radius 3 is 2.48 bits per heavy atom. The van der Waals surface area contributed by atoms with Crippen molar-refractivity contribution in [1.29, 1.82) is 0 Å². The second-order valence-electron chi connectivity index (χ2n) is 5.26. The number of halogens is 3. The fourth-order valence-electron chi connectivity index (χ4n) is 2.75. The van der Waals surface area contributed by atoms with Crippen molar-refractivity contribution in [3.8, 4) is 0 Å². The number of nitrogens with zero attached hydrogens (tertiary/aromatic N) is 1. The molecule has 0 saturated carbocycles. The number of aliphatic imine (C=N–C) groups is 1. The molecule has 4 heteroatoms. The minimum Gasteiger partial charge on any atom is -0.281 e. The first kappa shape index (κ1) is 14.9. The Morgan fingerprint density at radius 1 is 1.00 bits per heavy atom. The van der Waals surface area contributed by atoms with Crippen LogP contribution in [0.4, 0.5) is 0 Å². The second kappa shape index (κ2) is 6.00. The van der Waals surface area contributed by atoms with Gasteiger partial charge in [0.1, 0.15) is 0 Å². The Kier molecular flexibility index (Phi) is 4.26. The zero-order valence-corrected chi connectivity index (χ0v) is 13.8. The van der Waals surface area contributed by atoms with Crippen molar-refractivity contribution in [2.24, 2.45) is 4.99 Å². The molecule has 0 bridgehead atoms. The van der Waals surface area contributed by atoms with Gasteiger partial charge >= 0.3 is 0 Å². The van der Waals surface area contributed by atoms with Gasteiger partial charge < -0.3 is 0 Å². The Bertz CT molecular complexity index is 722. The smallest absolute Gasteiger partial charge is 0.0758 e. The molecule has 1 nitrogen and oxygen atoms in total. The summed E-state index contributed by atoms with van der Waals surface area (Å²) in [5.41, 5.74) is 4.38. The molecule has 1 atom stereocenters. The van der Waals surface area contributed by atoms with Crippen LogP contribution in [-0.2, 0) is 0 Å². The molecule has 1 aliphatic rings. The van der Waals surface area contributed by atoms with E-state index in [1.54, 1.807) is 6.07 Å². The van der Waals surface area contributed by atoms with Gasteiger partial charge in [-0.15, -0.1) is 0 Å². The summed E-state index contributed by atoms with van der Waals surface area (Å²) < 4.78 is 0. The van der Waals surface area contributed by atoms with Crippen molar-refractivity contribution in [3.05, 3.63) is 68.2 Å².